The summed E-state index contributed by atoms with van der Waals surface area (Å²) in [7, 11) is 0. The number of halogens is 1. The van der Waals surface area contributed by atoms with E-state index in [1.165, 1.54) is 11.2 Å². The third kappa shape index (κ3) is 2.92. The highest BCUT2D eigenvalue weighted by molar-refractivity contribution is 6.32. The van der Waals surface area contributed by atoms with Gasteiger partial charge in [-0.15, -0.1) is 0 Å². The Morgan fingerprint density at radius 2 is 2.00 bits per heavy atom. The molecule has 0 spiro atoms. The fourth-order valence-corrected chi connectivity index (χ4v) is 1.38. The summed E-state index contributed by atoms with van der Waals surface area (Å²) >= 11 is 5.75. The van der Waals surface area contributed by atoms with E-state index in [1.807, 2.05) is 0 Å². The quantitative estimate of drug-likeness (QED) is 0.621. The molecule has 0 amide bonds. The van der Waals surface area contributed by atoms with Crippen LogP contribution in [0.5, 0.6) is 0 Å². The molecule has 1 aromatic rings. The minimum atomic E-state index is -0.442. The first-order chi connectivity index (χ1) is 7.20. The van der Waals surface area contributed by atoms with Gasteiger partial charge in [-0.3, -0.25) is 4.79 Å². The van der Waals surface area contributed by atoms with E-state index in [0.717, 1.165) is 0 Å². The molecule has 0 aromatic carbocycles. The Bertz CT molecular complexity index is 362. The average molecular weight is 234 g/mol. The molecule has 1 rings (SSSR count). The van der Waals surface area contributed by atoms with Crippen LogP contribution in [0.15, 0.2) is 11.1 Å². The summed E-state index contributed by atoms with van der Waals surface area (Å²) in [5, 5.41) is 17.6. The van der Waals surface area contributed by atoms with E-state index in [1.54, 1.807) is 0 Å². The number of rotatable bonds is 5. The van der Waals surface area contributed by atoms with Crippen molar-refractivity contribution in [3.05, 3.63) is 21.7 Å². The first kappa shape index (κ1) is 12.0. The summed E-state index contributed by atoms with van der Waals surface area (Å²) in [5.41, 5.74) is -0.442. The number of aromatic amines is 1. The third-order valence-electron chi connectivity index (χ3n) is 1.82. The van der Waals surface area contributed by atoms with Gasteiger partial charge in [0.05, 0.1) is 19.5 Å². The Morgan fingerprint density at radius 3 is 2.53 bits per heavy atom. The fraction of sp³-hybridized carbons (Fsp3) is 0.500. The Kier molecular flexibility index (Phi) is 4.54. The molecular weight excluding hydrogens is 222 g/mol. The molecule has 84 valence electrons. The lowest BCUT2D eigenvalue weighted by Crippen LogP contribution is -2.32. The number of aliphatic hydroxyl groups excluding tert-OH is 2. The minimum Gasteiger partial charge on any atom is -0.395 e. The van der Waals surface area contributed by atoms with Crippen molar-refractivity contribution < 1.29 is 10.2 Å². The Balaban J connectivity index is 2.99. The molecule has 1 heterocycles. The van der Waals surface area contributed by atoms with E-state index in [-0.39, 0.29) is 37.1 Å². The van der Waals surface area contributed by atoms with Gasteiger partial charge in [-0.1, -0.05) is 11.6 Å². The van der Waals surface area contributed by atoms with Gasteiger partial charge in [0.1, 0.15) is 5.02 Å². The molecule has 0 radical (unpaired) electrons. The predicted molar refractivity (Wildman–Crippen MR) is 56.3 cm³/mol. The maximum absolute atomic E-state index is 11.2. The summed E-state index contributed by atoms with van der Waals surface area (Å²) in [6.07, 6.45) is 1.23. The van der Waals surface area contributed by atoms with Gasteiger partial charge in [0.2, 0.25) is 0 Å². The second kappa shape index (κ2) is 5.69. The molecule has 0 atom stereocenters. The second-order valence-corrected chi connectivity index (χ2v) is 3.18. The molecule has 0 aliphatic carbocycles. The number of H-pyrrole nitrogens is 1. The molecule has 6 nitrogen and oxygen atoms in total. The molecule has 3 N–H and O–H groups in total. The van der Waals surface area contributed by atoms with Crippen molar-refractivity contribution in [2.24, 2.45) is 0 Å². The molecule has 0 saturated carbocycles. The van der Waals surface area contributed by atoms with Gasteiger partial charge in [-0.25, -0.2) is 4.98 Å². The first-order valence-electron chi connectivity index (χ1n) is 4.40. The molecule has 0 aliphatic heterocycles. The van der Waals surface area contributed by atoms with Crippen LogP contribution in [0.3, 0.4) is 0 Å². The lowest BCUT2D eigenvalue weighted by molar-refractivity contribution is 0.280. The van der Waals surface area contributed by atoms with Crippen LogP contribution in [0, 0.1) is 0 Å². The predicted octanol–water partition coefficient (Wildman–Crippen LogP) is -0.786. The molecule has 0 unspecified atom stereocenters. The van der Waals surface area contributed by atoms with Crippen molar-refractivity contribution in [3.8, 4) is 0 Å². The van der Waals surface area contributed by atoms with Gasteiger partial charge in [-0.2, -0.15) is 0 Å². The number of aromatic nitrogens is 2. The number of anilines is 1. The molecule has 1 aromatic heterocycles. The normalized spacial score (nSPS) is 10.3. The van der Waals surface area contributed by atoms with Crippen LogP contribution < -0.4 is 10.5 Å². The standard InChI is InChI=1S/C8H12ClN3O3/c9-6-7(10-5-11-8(6)15)12(1-3-13)2-4-14/h5,13-14H,1-4H2,(H,10,11,15). The highest BCUT2D eigenvalue weighted by Crippen LogP contribution is 2.17. The summed E-state index contributed by atoms with van der Waals surface area (Å²) in [6, 6.07) is 0. The highest BCUT2D eigenvalue weighted by Gasteiger charge is 2.13. The largest absolute Gasteiger partial charge is 0.395 e. The van der Waals surface area contributed by atoms with Crippen LogP contribution in [0.1, 0.15) is 0 Å². The Labute approximate surface area is 91.1 Å². The van der Waals surface area contributed by atoms with Crippen LogP contribution in [0.25, 0.3) is 0 Å². The fourth-order valence-electron chi connectivity index (χ4n) is 1.16. The van der Waals surface area contributed by atoms with Gasteiger partial charge in [0.25, 0.3) is 5.56 Å². The van der Waals surface area contributed by atoms with Crippen LogP contribution in [0.4, 0.5) is 5.82 Å². The van der Waals surface area contributed by atoms with Crippen molar-refractivity contribution in [2.45, 2.75) is 0 Å². The second-order valence-electron chi connectivity index (χ2n) is 2.80. The molecule has 0 saturated heterocycles. The zero-order valence-electron chi connectivity index (χ0n) is 7.98. The summed E-state index contributed by atoms with van der Waals surface area (Å²) < 4.78 is 0. The average Bonchev–Trinajstić information content (AvgIpc) is 2.22. The molecular formula is C8H12ClN3O3. The maximum Gasteiger partial charge on any atom is 0.271 e. The molecule has 0 bridgehead atoms. The lowest BCUT2D eigenvalue weighted by Gasteiger charge is -2.21. The minimum absolute atomic E-state index is 0.0422. The van der Waals surface area contributed by atoms with Crippen LogP contribution in [-0.4, -0.2) is 46.5 Å². The summed E-state index contributed by atoms with van der Waals surface area (Å²) in [6.45, 7) is 0.309. The monoisotopic (exact) mass is 233 g/mol. The first-order valence-corrected chi connectivity index (χ1v) is 4.78. The Morgan fingerprint density at radius 1 is 1.40 bits per heavy atom. The highest BCUT2D eigenvalue weighted by atomic mass is 35.5. The van der Waals surface area contributed by atoms with E-state index in [4.69, 9.17) is 21.8 Å². The van der Waals surface area contributed by atoms with Crippen molar-refractivity contribution >= 4 is 17.4 Å². The summed E-state index contributed by atoms with van der Waals surface area (Å²) in [4.78, 5) is 18.9. The van der Waals surface area contributed by atoms with Gasteiger partial charge < -0.3 is 20.1 Å². The molecule has 0 aliphatic rings. The van der Waals surface area contributed by atoms with Gasteiger partial charge in [0, 0.05) is 13.1 Å². The van der Waals surface area contributed by atoms with Crippen molar-refractivity contribution in [1.82, 2.24) is 9.97 Å². The van der Waals surface area contributed by atoms with Crippen LogP contribution >= 0.6 is 11.6 Å². The number of hydrogen-bond donors (Lipinski definition) is 3. The van der Waals surface area contributed by atoms with Crippen LogP contribution in [-0.2, 0) is 0 Å². The van der Waals surface area contributed by atoms with E-state index in [2.05, 4.69) is 9.97 Å². The summed E-state index contributed by atoms with van der Waals surface area (Å²) in [5.74, 6) is 0.267. The molecule has 15 heavy (non-hydrogen) atoms. The van der Waals surface area contributed by atoms with E-state index < -0.39 is 5.56 Å². The Hall–Kier alpha value is -1.11. The van der Waals surface area contributed by atoms with Gasteiger partial charge >= 0.3 is 0 Å². The zero-order valence-corrected chi connectivity index (χ0v) is 8.74. The number of nitrogens with one attached hydrogen (secondary N) is 1. The molecule has 7 heteroatoms. The van der Waals surface area contributed by atoms with Crippen LogP contribution in [0.2, 0.25) is 5.02 Å². The van der Waals surface area contributed by atoms with E-state index in [9.17, 15) is 4.79 Å². The van der Waals surface area contributed by atoms with Crippen molar-refractivity contribution in [1.29, 1.82) is 0 Å². The smallest absolute Gasteiger partial charge is 0.271 e. The molecule has 0 fully saturated rings. The topological polar surface area (TPSA) is 89.5 Å². The SMILES string of the molecule is O=c1[nH]cnc(N(CCO)CCO)c1Cl. The van der Waals surface area contributed by atoms with Crippen molar-refractivity contribution in [3.63, 3.8) is 0 Å². The lowest BCUT2D eigenvalue weighted by atomic mass is 10.4. The van der Waals surface area contributed by atoms with Gasteiger partial charge in [0.15, 0.2) is 5.82 Å². The third-order valence-corrected chi connectivity index (χ3v) is 2.16. The van der Waals surface area contributed by atoms with Gasteiger partial charge in [-0.05, 0) is 0 Å². The zero-order chi connectivity index (χ0) is 11.3. The van der Waals surface area contributed by atoms with E-state index in [0.29, 0.717) is 0 Å². The number of nitrogens with zero attached hydrogens (tertiary/aromatic N) is 2. The van der Waals surface area contributed by atoms with Crippen molar-refractivity contribution in [2.75, 3.05) is 31.2 Å². The maximum atomic E-state index is 11.2. The number of hydrogen-bond acceptors (Lipinski definition) is 5. The van der Waals surface area contributed by atoms with E-state index >= 15 is 0 Å². The number of aliphatic hydroxyl groups is 2.